The molecule has 0 unspecified atom stereocenters. The molecule has 0 bridgehead atoms. The van der Waals surface area contributed by atoms with E-state index in [-0.39, 0.29) is 24.1 Å². The van der Waals surface area contributed by atoms with Crippen LogP contribution in [0.1, 0.15) is 11.1 Å². The number of halogens is 1. The normalized spacial score (nSPS) is 13.6. The van der Waals surface area contributed by atoms with Crippen LogP contribution in [0.4, 0.5) is 21.0 Å². The highest BCUT2D eigenvalue weighted by molar-refractivity contribution is 5.93. The minimum Gasteiger partial charge on any atom is -0.394 e. The molecule has 144 valence electrons. The van der Waals surface area contributed by atoms with E-state index in [2.05, 4.69) is 25.9 Å². The molecular weight excluding hydrogens is 357 g/mol. The number of aryl methyl sites for hydroxylation is 1. The van der Waals surface area contributed by atoms with Crippen LogP contribution < -0.4 is 16.0 Å². The van der Waals surface area contributed by atoms with Gasteiger partial charge in [0.25, 0.3) is 0 Å². The first kappa shape index (κ1) is 19.0. The van der Waals surface area contributed by atoms with Gasteiger partial charge in [-0.15, -0.1) is 0 Å². The third-order valence-corrected chi connectivity index (χ3v) is 4.39. The number of carbonyl (C=O) groups excluding carboxylic acids is 1. The second-order valence-corrected chi connectivity index (χ2v) is 6.37. The molecule has 27 heavy (non-hydrogen) atoms. The minimum atomic E-state index is -1.44. The Balaban J connectivity index is 2.14. The number of benzene rings is 1. The molecule has 0 radical (unpaired) electrons. The smallest absolute Gasteiger partial charge is 0.320 e. The summed E-state index contributed by atoms with van der Waals surface area (Å²) in [7, 11) is 0. The van der Waals surface area contributed by atoms with Crippen molar-refractivity contribution in [2.24, 2.45) is 0 Å². The Kier molecular flexibility index (Phi) is 5.22. The minimum absolute atomic E-state index is 0.00757. The number of amides is 2. The number of aromatic nitrogens is 2. The van der Waals surface area contributed by atoms with Crippen molar-refractivity contribution in [1.29, 1.82) is 0 Å². The van der Waals surface area contributed by atoms with Crippen molar-refractivity contribution in [3.63, 3.8) is 0 Å². The van der Waals surface area contributed by atoms with Crippen LogP contribution >= 0.6 is 0 Å². The maximum Gasteiger partial charge on any atom is 0.320 e. The van der Waals surface area contributed by atoms with Crippen LogP contribution in [0.5, 0.6) is 0 Å². The first-order chi connectivity index (χ1) is 12.9. The van der Waals surface area contributed by atoms with E-state index in [0.717, 1.165) is 0 Å². The highest BCUT2D eigenvalue weighted by Gasteiger charge is 2.30. The molecule has 10 heteroatoms. The average molecular weight is 377 g/mol. The summed E-state index contributed by atoms with van der Waals surface area (Å²) < 4.78 is 13.5. The number of anilines is 2. The lowest BCUT2D eigenvalue weighted by molar-refractivity contribution is 0.0828. The predicted octanol–water partition coefficient (Wildman–Crippen LogP) is 0.354. The van der Waals surface area contributed by atoms with Crippen molar-refractivity contribution in [1.82, 2.24) is 15.3 Å². The molecule has 2 heterocycles. The molecular formula is C17H20FN5O4. The average Bonchev–Trinajstić information content (AvgIpc) is 2.65. The summed E-state index contributed by atoms with van der Waals surface area (Å²) in [6.07, 6.45) is 0. The molecule has 1 aliphatic rings. The van der Waals surface area contributed by atoms with Gasteiger partial charge in [0.15, 0.2) is 0 Å². The topological polar surface area (TPSA) is 140 Å². The van der Waals surface area contributed by atoms with Gasteiger partial charge in [-0.1, -0.05) is 0 Å². The van der Waals surface area contributed by atoms with E-state index >= 15 is 0 Å². The van der Waals surface area contributed by atoms with E-state index in [1.165, 1.54) is 12.1 Å². The van der Waals surface area contributed by atoms with Crippen LogP contribution in [0.3, 0.4) is 0 Å². The van der Waals surface area contributed by atoms with Crippen molar-refractivity contribution in [2.75, 3.05) is 30.5 Å². The predicted molar refractivity (Wildman–Crippen MR) is 95.6 cm³/mol. The molecule has 0 spiro atoms. The number of rotatable bonds is 6. The van der Waals surface area contributed by atoms with Crippen molar-refractivity contribution in [2.45, 2.75) is 19.0 Å². The van der Waals surface area contributed by atoms with Gasteiger partial charge < -0.3 is 26.0 Å². The first-order valence-electron chi connectivity index (χ1n) is 8.24. The van der Waals surface area contributed by atoms with Gasteiger partial charge in [-0.2, -0.15) is 4.98 Å². The molecule has 9 nitrogen and oxygen atoms in total. The lowest BCUT2D eigenvalue weighted by atomic mass is 10.0. The Labute approximate surface area is 154 Å². The van der Waals surface area contributed by atoms with Gasteiger partial charge in [-0.25, -0.2) is 14.2 Å². The molecule has 3 rings (SSSR count). The fourth-order valence-electron chi connectivity index (χ4n) is 2.75. The first-order valence-corrected chi connectivity index (χ1v) is 8.24. The number of urea groups is 1. The van der Waals surface area contributed by atoms with E-state index in [0.29, 0.717) is 22.4 Å². The van der Waals surface area contributed by atoms with Gasteiger partial charge in [-0.05, 0) is 30.7 Å². The molecule has 0 fully saturated rings. The molecule has 2 amide bonds. The number of nitrogens with one attached hydrogen (secondary N) is 3. The molecule has 1 aliphatic heterocycles. The van der Waals surface area contributed by atoms with E-state index in [4.69, 9.17) is 0 Å². The second-order valence-electron chi connectivity index (χ2n) is 6.37. The lowest BCUT2D eigenvalue weighted by Crippen LogP contribution is -2.49. The van der Waals surface area contributed by atoms with Gasteiger partial charge in [-0.3, -0.25) is 5.32 Å². The Hall–Kier alpha value is -2.82. The number of nitrogens with zero attached hydrogens (tertiary/aromatic N) is 2. The van der Waals surface area contributed by atoms with Gasteiger partial charge >= 0.3 is 6.03 Å². The van der Waals surface area contributed by atoms with E-state index in [9.17, 15) is 24.5 Å². The number of hydrogen-bond acceptors (Lipinski definition) is 7. The van der Waals surface area contributed by atoms with E-state index in [1.807, 2.05) is 0 Å². The summed E-state index contributed by atoms with van der Waals surface area (Å²) in [5.74, 6) is -0.145. The number of aliphatic hydroxyl groups excluding tert-OH is 3. The summed E-state index contributed by atoms with van der Waals surface area (Å²) >= 11 is 0. The quantitative estimate of drug-likeness (QED) is 0.427. The fraction of sp³-hybridized carbons (Fsp3) is 0.353. The van der Waals surface area contributed by atoms with Crippen LogP contribution in [0.15, 0.2) is 18.2 Å². The highest BCUT2D eigenvalue weighted by Crippen LogP contribution is 2.32. The van der Waals surface area contributed by atoms with E-state index in [1.54, 1.807) is 13.0 Å². The summed E-state index contributed by atoms with van der Waals surface area (Å²) in [6.45, 7) is 0.199. The Morgan fingerprint density at radius 2 is 1.93 bits per heavy atom. The summed E-state index contributed by atoms with van der Waals surface area (Å²) in [6, 6.07) is 3.81. The third-order valence-electron chi connectivity index (χ3n) is 4.39. The fourth-order valence-corrected chi connectivity index (χ4v) is 2.75. The van der Waals surface area contributed by atoms with Crippen LogP contribution in [0, 0.1) is 12.7 Å². The Morgan fingerprint density at radius 1 is 1.22 bits per heavy atom. The summed E-state index contributed by atoms with van der Waals surface area (Å²) in [5.41, 5.74) is 0.892. The number of hydrogen-bond donors (Lipinski definition) is 6. The highest BCUT2D eigenvalue weighted by atomic mass is 19.1. The van der Waals surface area contributed by atoms with Gasteiger partial charge in [0.2, 0.25) is 5.95 Å². The van der Waals surface area contributed by atoms with Crippen LogP contribution in [-0.4, -0.2) is 56.7 Å². The zero-order valence-electron chi connectivity index (χ0n) is 14.6. The Morgan fingerprint density at radius 3 is 2.56 bits per heavy atom. The van der Waals surface area contributed by atoms with E-state index < -0.39 is 31.4 Å². The van der Waals surface area contributed by atoms with Gasteiger partial charge in [0, 0.05) is 11.1 Å². The summed E-state index contributed by atoms with van der Waals surface area (Å²) in [5, 5.41) is 36.5. The van der Waals surface area contributed by atoms with Crippen LogP contribution in [-0.2, 0) is 6.54 Å². The monoisotopic (exact) mass is 377 g/mol. The Bertz CT molecular complexity index is 864. The van der Waals surface area contributed by atoms with Crippen molar-refractivity contribution in [3.05, 3.63) is 35.1 Å². The maximum absolute atomic E-state index is 13.5. The second kappa shape index (κ2) is 7.43. The number of fused-ring (bicyclic) bond motifs is 1. The molecule has 1 aromatic heterocycles. The lowest BCUT2D eigenvalue weighted by Gasteiger charge is -2.30. The third kappa shape index (κ3) is 3.68. The maximum atomic E-state index is 13.5. The van der Waals surface area contributed by atoms with Crippen molar-refractivity contribution < 1.29 is 24.5 Å². The molecule has 0 atom stereocenters. The van der Waals surface area contributed by atoms with Crippen molar-refractivity contribution in [3.8, 4) is 11.3 Å². The molecule has 0 saturated heterocycles. The SMILES string of the molecule is Cc1cc(F)ccc1-c1nc(NC(CO)(CO)CO)nc2c1CNC(=O)N2. The largest absolute Gasteiger partial charge is 0.394 e. The van der Waals surface area contributed by atoms with Crippen LogP contribution in [0.2, 0.25) is 0 Å². The standard InChI is InChI=1S/C17H20FN5O4/c1-9-4-10(18)2-3-11(9)13-12-5-19-16(27)22-14(12)21-15(20-13)23-17(6-24,7-25)8-26/h2-4,24-26H,5-8H2,1H3,(H3,19,20,21,22,23,27). The molecule has 2 aromatic rings. The van der Waals surface area contributed by atoms with Gasteiger partial charge in [0.1, 0.15) is 17.2 Å². The zero-order chi connectivity index (χ0) is 19.6. The van der Waals surface area contributed by atoms with Crippen molar-refractivity contribution >= 4 is 17.8 Å². The van der Waals surface area contributed by atoms with Gasteiger partial charge in [0.05, 0.1) is 32.1 Å². The molecule has 0 saturated carbocycles. The zero-order valence-corrected chi connectivity index (χ0v) is 14.6. The van der Waals surface area contributed by atoms with Crippen LogP contribution in [0.25, 0.3) is 11.3 Å². The molecule has 1 aromatic carbocycles. The number of aliphatic hydroxyl groups is 3. The number of carbonyl (C=O) groups is 1. The summed E-state index contributed by atoms with van der Waals surface area (Å²) in [4.78, 5) is 20.3. The molecule has 6 N–H and O–H groups in total. The molecule has 0 aliphatic carbocycles.